The maximum Gasteiger partial charge on any atom is 0.325 e. The molecule has 2 aromatic rings. The van der Waals surface area contributed by atoms with Crippen molar-refractivity contribution in [2.45, 2.75) is 13.8 Å². The lowest BCUT2D eigenvalue weighted by Crippen LogP contribution is -2.34. The highest BCUT2D eigenvalue weighted by Crippen LogP contribution is 2.36. The van der Waals surface area contributed by atoms with Crippen molar-refractivity contribution in [3.05, 3.63) is 56.2 Å². The first-order chi connectivity index (χ1) is 13.7. The molecule has 0 N–H and O–H groups in total. The molecule has 2 heterocycles. The van der Waals surface area contributed by atoms with Crippen molar-refractivity contribution >= 4 is 40.6 Å². The van der Waals surface area contributed by atoms with Crippen LogP contribution in [0.15, 0.2) is 33.6 Å². The van der Waals surface area contributed by atoms with E-state index in [0.29, 0.717) is 17.3 Å². The number of amides is 2. The third kappa shape index (κ3) is 4.06. The van der Waals surface area contributed by atoms with Crippen LogP contribution >= 0.6 is 11.8 Å². The summed E-state index contributed by atoms with van der Waals surface area (Å²) >= 11 is 0.669. The van der Waals surface area contributed by atoms with Crippen LogP contribution in [0, 0.1) is 24.0 Å². The maximum absolute atomic E-state index is 12.4. The van der Waals surface area contributed by atoms with Crippen molar-refractivity contribution in [1.29, 1.82) is 0 Å². The summed E-state index contributed by atoms with van der Waals surface area (Å²) in [5, 5.41) is 10.8. The summed E-state index contributed by atoms with van der Waals surface area (Å²) in [6.45, 7) is 3.14. The minimum atomic E-state index is -0.712. The van der Waals surface area contributed by atoms with Gasteiger partial charge in [0.05, 0.1) is 22.5 Å². The van der Waals surface area contributed by atoms with Gasteiger partial charge in [-0.2, -0.15) is 0 Å². The Hall–Kier alpha value is -3.40. The summed E-state index contributed by atoms with van der Waals surface area (Å²) in [4.78, 5) is 47.4. The van der Waals surface area contributed by atoms with Crippen LogP contribution in [0.3, 0.4) is 0 Å². The van der Waals surface area contributed by atoms with Crippen molar-refractivity contribution in [3.63, 3.8) is 0 Å². The summed E-state index contributed by atoms with van der Waals surface area (Å²) in [7, 11) is 1.16. The second-order valence-electron chi connectivity index (χ2n) is 6.26. The van der Waals surface area contributed by atoms with Gasteiger partial charge in [0.25, 0.3) is 16.8 Å². The molecule has 1 aromatic carbocycles. The third-order valence-corrected chi connectivity index (χ3v) is 5.27. The number of esters is 1. The molecule has 0 aliphatic carbocycles. The molecule has 0 saturated carbocycles. The average Bonchev–Trinajstić information content (AvgIpc) is 3.23. The predicted molar refractivity (Wildman–Crippen MR) is 105 cm³/mol. The van der Waals surface area contributed by atoms with Crippen LogP contribution in [-0.2, 0) is 14.3 Å². The maximum atomic E-state index is 12.4. The fourth-order valence-electron chi connectivity index (χ4n) is 2.68. The van der Waals surface area contributed by atoms with Gasteiger partial charge in [-0.1, -0.05) is 0 Å². The van der Waals surface area contributed by atoms with Crippen LogP contribution in [0.25, 0.3) is 17.4 Å². The van der Waals surface area contributed by atoms with Gasteiger partial charge in [0, 0.05) is 12.1 Å². The molecule has 1 saturated heterocycles. The first-order valence-corrected chi connectivity index (χ1v) is 9.21. The van der Waals surface area contributed by atoms with Gasteiger partial charge < -0.3 is 9.15 Å². The zero-order chi connectivity index (χ0) is 21.3. The number of ether oxygens (including phenoxy) is 1. The minimum absolute atomic E-state index is 0.0781. The number of hydrogen-bond donors (Lipinski definition) is 0. The van der Waals surface area contributed by atoms with Gasteiger partial charge >= 0.3 is 5.97 Å². The van der Waals surface area contributed by atoms with Crippen molar-refractivity contribution in [3.8, 4) is 11.3 Å². The van der Waals surface area contributed by atoms with E-state index in [9.17, 15) is 24.5 Å². The Labute approximate surface area is 169 Å². The molecule has 2 amide bonds. The van der Waals surface area contributed by atoms with Gasteiger partial charge in [-0.25, -0.2) is 0 Å². The molecular weight excluding hydrogens is 400 g/mol. The molecule has 0 atom stereocenters. The molecule has 1 aliphatic rings. The Morgan fingerprint density at radius 2 is 1.97 bits per heavy atom. The molecule has 0 spiro atoms. The van der Waals surface area contributed by atoms with Gasteiger partial charge in [0.2, 0.25) is 0 Å². The van der Waals surface area contributed by atoms with Crippen LogP contribution in [0.2, 0.25) is 0 Å². The molecule has 0 unspecified atom stereocenters. The number of methoxy groups -OCH3 is 1. The fraction of sp³-hybridized carbons (Fsp3) is 0.211. The molecule has 29 heavy (non-hydrogen) atoms. The molecule has 0 radical (unpaired) electrons. The molecule has 9 nitrogen and oxygen atoms in total. The van der Waals surface area contributed by atoms with E-state index in [-0.39, 0.29) is 22.1 Å². The largest absolute Gasteiger partial charge is 0.468 e. The highest BCUT2D eigenvalue weighted by molar-refractivity contribution is 8.18. The summed E-state index contributed by atoms with van der Waals surface area (Å²) < 4.78 is 10.1. The summed E-state index contributed by atoms with van der Waals surface area (Å²) in [6.07, 6.45) is 1.36. The number of aryl methyl sites for hydroxylation is 2. The highest BCUT2D eigenvalue weighted by atomic mass is 32.2. The first-order valence-electron chi connectivity index (χ1n) is 8.39. The van der Waals surface area contributed by atoms with Crippen molar-refractivity contribution in [2.75, 3.05) is 13.7 Å². The number of hydrogen-bond acceptors (Lipinski definition) is 8. The number of rotatable bonds is 5. The lowest BCUT2D eigenvalue weighted by atomic mass is 10.0. The molecule has 1 fully saturated rings. The van der Waals surface area contributed by atoms with E-state index in [1.165, 1.54) is 12.1 Å². The van der Waals surface area contributed by atoms with Crippen LogP contribution in [0.5, 0.6) is 0 Å². The Morgan fingerprint density at radius 1 is 1.28 bits per heavy atom. The normalized spacial score (nSPS) is 15.3. The van der Waals surface area contributed by atoms with Crippen molar-refractivity contribution < 1.29 is 28.5 Å². The molecule has 1 aromatic heterocycles. The van der Waals surface area contributed by atoms with Gasteiger partial charge in [-0.3, -0.25) is 29.4 Å². The zero-order valence-corrected chi connectivity index (χ0v) is 16.6. The summed E-state index contributed by atoms with van der Waals surface area (Å²) in [5.74, 6) is -0.840. The van der Waals surface area contributed by atoms with E-state index in [2.05, 4.69) is 4.74 Å². The lowest BCUT2D eigenvalue weighted by molar-refractivity contribution is -0.384. The first kappa shape index (κ1) is 20.3. The van der Waals surface area contributed by atoms with Crippen LogP contribution < -0.4 is 0 Å². The van der Waals surface area contributed by atoms with E-state index in [4.69, 9.17) is 4.42 Å². The van der Waals surface area contributed by atoms with E-state index >= 15 is 0 Å². The number of nitrogens with zero attached hydrogens (tertiary/aromatic N) is 2. The SMILES string of the molecule is COC(=O)CN1C(=O)S/C(=C\c2ccc(-c3cc(C)c(C)cc3[N+](=O)[O-])o2)C1=O. The topological polar surface area (TPSA) is 120 Å². The van der Waals surface area contributed by atoms with Crippen LogP contribution in [0.4, 0.5) is 10.5 Å². The van der Waals surface area contributed by atoms with Gasteiger partial charge in [-0.15, -0.1) is 0 Å². The number of thioether (sulfide) groups is 1. The molecule has 10 heteroatoms. The highest BCUT2D eigenvalue weighted by Gasteiger charge is 2.36. The number of carbonyl (C=O) groups is 3. The molecule has 3 rings (SSSR count). The number of carbonyl (C=O) groups excluding carboxylic acids is 3. The van der Waals surface area contributed by atoms with E-state index in [1.807, 2.05) is 6.92 Å². The minimum Gasteiger partial charge on any atom is -0.468 e. The van der Waals surface area contributed by atoms with E-state index in [1.54, 1.807) is 25.1 Å². The molecule has 150 valence electrons. The van der Waals surface area contributed by atoms with Gasteiger partial charge in [0.1, 0.15) is 18.1 Å². The molecular formula is C19H16N2O7S. The van der Waals surface area contributed by atoms with Crippen LogP contribution in [-0.4, -0.2) is 40.6 Å². The summed E-state index contributed by atoms with van der Waals surface area (Å²) in [6, 6.07) is 6.25. The van der Waals surface area contributed by atoms with E-state index < -0.39 is 28.6 Å². The monoisotopic (exact) mass is 416 g/mol. The zero-order valence-electron chi connectivity index (χ0n) is 15.8. The number of nitro groups is 1. The van der Waals surface area contributed by atoms with Gasteiger partial charge in [-0.05, 0) is 54.9 Å². The second-order valence-corrected chi connectivity index (χ2v) is 7.25. The smallest absolute Gasteiger partial charge is 0.325 e. The Morgan fingerprint density at radius 3 is 2.62 bits per heavy atom. The fourth-order valence-corrected chi connectivity index (χ4v) is 3.50. The number of nitro benzene ring substituents is 1. The van der Waals surface area contributed by atoms with Crippen molar-refractivity contribution in [2.24, 2.45) is 0 Å². The summed E-state index contributed by atoms with van der Waals surface area (Å²) in [5.41, 5.74) is 1.88. The van der Waals surface area contributed by atoms with Crippen molar-refractivity contribution in [1.82, 2.24) is 4.90 Å². The number of furan rings is 1. The predicted octanol–water partition coefficient (Wildman–Crippen LogP) is 3.68. The van der Waals surface area contributed by atoms with E-state index in [0.717, 1.165) is 23.1 Å². The number of benzene rings is 1. The Kier molecular flexibility index (Phi) is 5.55. The van der Waals surface area contributed by atoms with Crippen LogP contribution in [0.1, 0.15) is 16.9 Å². The third-order valence-electron chi connectivity index (χ3n) is 4.36. The second kappa shape index (κ2) is 7.92. The Bertz CT molecular complexity index is 1070. The Balaban J connectivity index is 1.91. The molecule has 1 aliphatic heterocycles. The van der Waals surface area contributed by atoms with Gasteiger partial charge in [0.15, 0.2) is 0 Å². The standard InChI is InChI=1S/C19H16N2O7S/c1-10-6-13(14(21(25)26)7-11(10)2)15-5-4-12(28-15)8-16-18(23)20(19(24)29-16)9-17(22)27-3/h4-8H,9H2,1-3H3/b16-8-. The molecule has 0 bridgehead atoms. The lowest BCUT2D eigenvalue weighted by Gasteiger charge is -2.09. The number of imide groups is 1. The average molecular weight is 416 g/mol. The quantitative estimate of drug-likeness (QED) is 0.313.